The van der Waals surface area contributed by atoms with Gasteiger partial charge >= 0.3 is 0 Å². The largest absolute Gasteiger partial charge is 0.451 e. The van der Waals surface area contributed by atoms with Crippen LogP contribution in [0, 0.1) is 0 Å². The minimum Gasteiger partial charge on any atom is -0.451 e. The zero-order chi connectivity index (χ0) is 18.7. The van der Waals surface area contributed by atoms with Gasteiger partial charge in [-0.25, -0.2) is 8.42 Å². The molecule has 0 radical (unpaired) electrons. The van der Waals surface area contributed by atoms with Crippen molar-refractivity contribution in [1.29, 1.82) is 0 Å². The van der Waals surface area contributed by atoms with Gasteiger partial charge in [-0.05, 0) is 18.9 Å². The predicted molar refractivity (Wildman–Crippen MR) is 99.9 cm³/mol. The summed E-state index contributed by atoms with van der Waals surface area (Å²) in [5.74, 6) is -0.532. The Morgan fingerprint density at radius 3 is 2.69 bits per heavy atom. The van der Waals surface area contributed by atoms with E-state index in [1.165, 1.54) is 0 Å². The number of carbonyl (C=O) groups excluding carboxylic acids is 1. The lowest BCUT2D eigenvalue weighted by Crippen LogP contribution is -2.43. The van der Waals surface area contributed by atoms with Crippen LogP contribution in [0.15, 0.2) is 28.7 Å². The van der Waals surface area contributed by atoms with Crippen molar-refractivity contribution >= 4 is 26.7 Å². The molecule has 26 heavy (non-hydrogen) atoms. The molecule has 0 bridgehead atoms. The van der Waals surface area contributed by atoms with Gasteiger partial charge in [0.15, 0.2) is 15.6 Å². The summed E-state index contributed by atoms with van der Waals surface area (Å²) in [5, 5.41) is 3.67. The van der Waals surface area contributed by atoms with E-state index < -0.39 is 9.84 Å². The standard InChI is InChI=1S/C19H25NO5S/c1-24-17-11-5-3-4-9-15(17)20-19(21)18-14(12-26(2,22)23)13-8-6-7-10-16(13)25-18/h6-8,10,15,17H,3-5,9,11-12H2,1-2H3,(H,20,21)/t15-,17+/m1/s1. The van der Waals surface area contributed by atoms with E-state index in [9.17, 15) is 13.2 Å². The van der Waals surface area contributed by atoms with Crippen molar-refractivity contribution in [1.82, 2.24) is 5.32 Å². The second kappa shape index (κ2) is 7.80. The summed E-state index contributed by atoms with van der Waals surface area (Å²) in [6.07, 6.45) is 6.09. The molecule has 0 saturated heterocycles. The molecule has 2 atom stereocenters. The van der Waals surface area contributed by atoms with Crippen LogP contribution in [0.4, 0.5) is 0 Å². The maximum Gasteiger partial charge on any atom is 0.287 e. The number of nitrogens with one attached hydrogen (secondary N) is 1. The van der Waals surface area contributed by atoms with Crippen LogP contribution >= 0.6 is 0 Å². The molecule has 2 aromatic rings. The molecular weight excluding hydrogens is 354 g/mol. The zero-order valence-electron chi connectivity index (χ0n) is 15.2. The molecule has 0 unspecified atom stereocenters. The molecule has 1 heterocycles. The lowest BCUT2D eigenvalue weighted by molar-refractivity contribution is 0.0558. The van der Waals surface area contributed by atoms with Crippen LogP contribution in [0.1, 0.15) is 48.2 Å². The highest BCUT2D eigenvalue weighted by molar-refractivity contribution is 7.89. The van der Waals surface area contributed by atoms with E-state index in [-0.39, 0.29) is 29.6 Å². The SMILES string of the molecule is CO[C@H]1CCCCC[C@H]1NC(=O)c1oc2ccccc2c1CS(C)(=O)=O. The molecule has 0 aliphatic heterocycles. The van der Waals surface area contributed by atoms with Gasteiger partial charge in [0.1, 0.15) is 5.58 Å². The average molecular weight is 379 g/mol. The summed E-state index contributed by atoms with van der Waals surface area (Å²) < 4.78 is 35.0. The van der Waals surface area contributed by atoms with Crippen LogP contribution in [-0.4, -0.2) is 39.8 Å². The maximum absolute atomic E-state index is 12.9. The molecular formula is C19H25NO5S. The fraction of sp³-hybridized carbons (Fsp3) is 0.526. The first-order valence-electron chi connectivity index (χ1n) is 8.91. The quantitative estimate of drug-likeness (QED) is 0.807. The van der Waals surface area contributed by atoms with E-state index in [1.807, 2.05) is 0 Å². The molecule has 142 valence electrons. The molecule has 6 nitrogen and oxygen atoms in total. The molecule has 7 heteroatoms. The van der Waals surface area contributed by atoms with Crippen molar-refractivity contribution in [3.05, 3.63) is 35.6 Å². The van der Waals surface area contributed by atoms with Gasteiger partial charge in [-0.1, -0.05) is 37.5 Å². The number of benzene rings is 1. The second-order valence-electron chi connectivity index (χ2n) is 6.97. The Bertz CT molecular complexity index is 886. The lowest BCUT2D eigenvalue weighted by atomic mass is 10.1. The molecule has 3 rings (SSSR count). The number of para-hydroxylation sites is 1. The van der Waals surface area contributed by atoms with E-state index in [1.54, 1.807) is 31.4 Å². The number of fused-ring (bicyclic) bond motifs is 1. The first-order chi connectivity index (χ1) is 12.4. The Labute approximate surface area is 153 Å². The maximum atomic E-state index is 12.9. The molecule has 1 aliphatic rings. The number of hydrogen-bond donors (Lipinski definition) is 1. The van der Waals surface area contributed by atoms with Crippen LogP contribution in [0.5, 0.6) is 0 Å². The van der Waals surface area contributed by atoms with Crippen LogP contribution in [-0.2, 0) is 20.3 Å². The van der Waals surface area contributed by atoms with E-state index in [0.29, 0.717) is 16.5 Å². The Morgan fingerprint density at radius 2 is 1.96 bits per heavy atom. The van der Waals surface area contributed by atoms with E-state index in [4.69, 9.17) is 9.15 Å². The number of sulfone groups is 1. The van der Waals surface area contributed by atoms with Gasteiger partial charge in [0.2, 0.25) is 0 Å². The summed E-state index contributed by atoms with van der Waals surface area (Å²) in [6, 6.07) is 7.01. The molecule has 1 aromatic carbocycles. The molecule has 1 amide bonds. The van der Waals surface area contributed by atoms with Gasteiger partial charge in [-0.2, -0.15) is 0 Å². The van der Waals surface area contributed by atoms with E-state index in [0.717, 1.165) is 38.4 Å². The highest BCUT2D eigenvalue weighted by Crippen LogP contribution is 2.28. The average Bonchev–Trinajstić information content (AvgIpc) is 2.79. The van der Waals surface area contributed by atoms with Gasteiger partial charge in [0.05, 0.1) is 17.9 Å². The number of hydrogen-bond acceptors (Lipinski definition) is 5. The van der Waals surface area contributed by atoms with Crippen LogP contribution < -0.4 is 5.32 Å². The number of carbonyl (C=O) groups is 1. The summed E-state index contributed by atoms with van der Waals surface area (Å²) in [6.45, 7) is 0. The van der Waals surface area contributed by atoms with E-state index >= 15 is 0 Å². The van der Waals surface area contributed by atoms with Gasteiger partial charge in [0, 0.05) is 24.3 Å². The molecule has 1 aromatic heterocycles. The summed E-state index contributed by atoms with van der Waals surface area (Å²) >= 11 is 0. The predicted octanol–water partition coefficient (Wildman–Crippen LogP) is 3.05. The number of methoxy groups -OCH3 is 1. The highest BCUT2D eigenvalue weighted by atomic mass is 32.2. The van der Waals surface area contributed by atoms with Gasteiger partial charge in [0.25, 0.3) is 5.91 Å². The number of rotatable bonds is 5. The smallest absolute Gasteiger partial charge is 0.287 e. The summed E-state index contributed by atoms with van der Waals surface area (Å²) in [4.78, 5) is 12.9. The normalized spacial score (nSPS) is 21.5. The highest BCUT2D eigenvalue weighted by Gasteiger charge is 2.29. The minimum absolute atomic E-state index is 0.0378. The fourth-order valence-corrected chi connectivity index (χ4v) is 4.45. The third-order valence-electron chi connectivity index (χ3n) is 4.88. The van der Waals surface area contributed by atoms with Crippen molar-refractivity contribution in [3.8, 4) is 0 Å². The Kier molecular flexibility index (Phi) is 5.67. The molecule has 1 aliphatic carbocycles. The second-order valence-corrected chi connectivity index (χ2v) is 9.11. The van der Waals surface area contributed by atoms with Crippen LogP contribution in [0.3, 0.4) is 0 Å². The summed E-state index contributed by atoms with van der Waals surface area (Å²) in [5.41, 5.74) is 0.934. The van der Waals surface area contributed by atoms with Crippen LogP contribution in [0.2, 0.25) is 0 Å². The molecule has 1 fully saturated rings. The van der Waals surface area contributed by atoms with Crippen molar-refractivity contribution in [3.63, 3.8) is 0 Å². The van der Waals surface area contributed by atoms with Crippen molar-refractivity contribution < 1.29 is 22.4 Å². The topological polar surface area (TPSA) is 85.6 Å². The summed E-state index contributed by atoms with van der Waals surface area (Å²) in [7, 11) is -1.66. The third kappa shape index (κ3) is 4.27. The third-order valence-corrected chi connectivity index (χ3v) is 5.70. The monoisotopic (exact) mass is 379 g/mol. The number of furan rings is 1. The Morgan fingerprint density at radius 1 is 1.23 bits per heavy atom. The lowest BCUT2D eigenvalue weighted by Gasteiger charge is -2.24. The molecule has 1 saturated carbocycles. The first kappa shape index (κ1) is 18.9. The van der Waals surface area contributed by atoms with Gasteiger partial charge in [-0.15, -0.1) is 0 Å². The van der Waals surface area contributed by atoms with Gasteiger partial charge < -0.3 is 14.5 Å². The number of amides is 1. The Balaban J connectivity index is 1.93. The van der Waals surface area contributed by atoms with E-state index in [2.05, 4.69) is 5.32 Å². The van der Waals surface area contributed by atoms with Crippen molar-refractivity contribution in [2.75, 3.05) is 13.4 Å². The van der Waals surface area contributed by atoms with Crippen molar-refractivity contribution in [2.45, 2.75) is 50.0 Å². The molecule has 0 spiro atoms. The van der Waals surface area contributed by atoms with Gasteiger partial charge in [-0.3, -0.25) is 4.79 Å². The molecule has 1 N–H and O–H groups in total. The zero-order valence-corrected chi connectivity index (χ0v) is 16.0. The van der Waals surface area contributed by atoms with Crippen molar-refractivity contribution in [2.24, 2.45) is 0 Å². The Hall–Kier alpha value is -1.86. The fourth-order valence-electron chi connectivity index (χ4n) is 3.64. The minimum atomic E-state index is -3.31. The number of ether oxygens (including phenoxy) is 1. The first-order valence-corrected chi connectivity index (χ1v) is 11.0. The van der Waals surface area contributed by atoms with Crippen LogP contribution in [0.25, 0.3) is 11.0 Å².